The average molecular weight is 370 g/mol. The van der Waals surface area contributed by atoms with Gasteiger partial charge in [0.1, 0.15) is 18.1 Å². The van der Waals surface area contributed by atoms with E-state index in [-0.39, 0.29) is 12.8 Å². The lowest BCUT2D eigenvalue weighted by Gasteiger charge is -2.22. The van der Waals surface area contributed by atoms with Crippen molar-refractivity contribution in [2.75, 3.05) is 13.2 Å². The fourth-order valence-corrected chi connectivity index (χ4v) is 2.21. The fraction of sp³-hybridized carbons (Fsp3) is 0.600. The smallest absolute Gasteiger partial charge is 0.326 e. The van der Waals surface area contributed by atoms with Crippen molar-refractivity contribution in [3.63, 3.8) is 0 Å². The molecule has 0 bridgehead atoms. The highest BCUT2D eigenvalue weighted by molar-refractivity contribution is 5.91. The Kier molecular flexibility index (Phi) is 9.26. The van der Waals surface area contributed by atoms with E-state index in [0.29, 0.717) is 25.1 Å². The first-order valence-corrected chi connectivity index (χ1v) is 8.26. The molecule has 0 saturated carbocycles. The Bertz CT molecular complexity index is 579. The Morgan fingerprint density at radius 2 is 1.88 bits per heavy atom. The SMILES string of the molecule is NCCCCC(NC(=O)C(N)CO)C(=O)NC(Cc1cnc[nH]1)C(=O)O. The van der Waals surface area contributed by atoms with Crippen LogP contribution in [-0.2, 0) is 20.8 Å². The summed E-state index contributed by atoms with van der Waals surface area (Å²) < 4.78 is 0. The Labute approximate surface area is 150 Å². The number of rotatable bonds is 12. The number of amides is 2. The standard InChI is InChI=1S/C15H26N6O5/c16-4-2-1-3-11(20-13(23)10(17)7-22)14(24)21-12(15(25)26)5-9-6-18-8-19-9/h6,8,10-12,22H,1-5,7,16-17H2,(H,18,19)(H,20,23)(H,21,24)(H,25,26). The number of nitrogens with zero attached hydrogens (tertiary/aromatic N) is 1. The molecule has 11 nitrogen and oxygen atoms in total. The second-order valence-electron chi connectivity index (χ2n) is 5.82. The minimum Gasteiger partial charge on any atom is -0.480 e. The highest BCUT2D eigenvalue weighted by atomic mass is 16.4. The van der Waals surface area contributed by atoms with Crippen LogP contribution in [0.5, 0.6) is 0 Å². The molecule has 1 aromatic heterocycles. The number of aliphatic hydroxyl groups excluding tert-OH is 1. The van der Waals surface area contributed by atoms with E-state index < -0.39 is 42.5 Å². The first-order valence-electron chi connectivity index (χ1n) is 8.26. The predicted octanol–water partition coefficient (Wildman–Crippen LogP) is -2.54. The summed E-state index contributed by atoms with van der Waals surface area (Å²) in [7, 11) is 0. The molecule has 0 radical (unpaired) electrons. The molecule has 1 aromatic rings. The molecule has 1 rings (SSSR count). The van der Waals surface area contributed by atoms with Gasteiger partial charge in [-0.3, -0.25) is 9.59 Å². The zero-order chi connectivity index (χ0) is 19.5. The van der Waals surface area contributed by atoms with Crippen molar-refractivity contribution in [3.8, 4) is 0 Å². The quantitative estimate of drug-likeness (QED) is 0.195. The van der Waals surface area contributed by atoms with Gasteiger partial charge in [-0.15, -0.1) is 0 Å². The number of imidazole rings is 1. The number of hydrogen-bond acceptors (Lipinski definition) is 7. The second kappa shape index (κ2) is 11.2. The van der Waals surface area contributed by atoms with E-state index in [1.807, 2.05) is 0 Å². The molecule has 0 fully saturated rings. The third-order valence-corrected chi connectivity index (χ3v) is 3.71. The maximum atomic E-state index is 12.5. The fourth-order valence-electron chi connectivity index (χ4n) is 2.21. The largest absolute Gasteiger partial charge is 0.480 e. The molecular formula is C15H26N6O5. The van der Waals surface area contributed by atoms with Crippen molar-refractivity contribution in [1.29, 1.82) is 0 Å². The van der Waals surface area contributed by atoms with E-state index in [9.17, 15) is 19.5 Å². The summed E-state index contributed by atoms with van der Waals surface area (Å²) in [6.45, 7) is -0.142. The monoisotopic (exact) mass is 370 g/mol. The summed E-state index contributed by atoms with van der Waals surface area (Å²) in [5.41, 5.74) is 11.4. The number of aliphatic carboxylic acids is 1. The van der Waals surface area contributed by atoms with Crippen LogP contribution in [0.1, 0.15) is 25.0 Å². The van der Waals surface area contributed by atoms with E-state index in [2.05, 4.69) is 20.6 Å². The molecule has 11 heteroatoms. The Morgan fingerprint density at radius 3 is 2.42 bits per heavy atom. The van der Waals surface area contributed by atoms with Crippen LogP contribution in [0.2, 0.25) is 0 Å². The summed E-state index contributed by atoms with van der Waals surface area (Å²) in [6, 6.07) is -3.33. The summed E-state index contributed by atoms with van der Waals surface area (Å²) >= 11 is 0. The number of unbranched alkanes of at least 4 members (excludes halogenated alkanes) is 1. The summed E-state index contributed by atoms with van der Waals surface area (Å²) in [6.07, 6.45) is 4.35. The number of aromatic amines is 1. The molecule has 0 aliphatic heterocycles. The van der Waals surface area contributed by atoms with Crippen LogP contribution in [0.3, 0.4) is 0 Å². The normalized spacial score (nSPS) is 14.3. The van der Waals surface area contributed by atoms with Crippen molar-refractivity contribution >= 4 is 17.8 Å². The summed E-state index contributed by atoms with van der Waals surface area (Å²) in [5, 5.41) is 23.1. The lowest BCUT2D eigenvalue weighted by atomic mass is 10.1. The maximum Gasteiger partial charge on any atom is 0.326 e. The van der Waals surface area contributed by atoms with Gasteiger partial charge in [-0.1, -0.05) is 0 Å². The van der Waals surface area contributed by atoms with Crippen molar-refractivity contribution < 1.29 is 24.6 Å². The summed E-state index contributed by atoms with van der Waals surface area (Å²) in [4.78, 5) is 42.3. The molecule has 0 aliphatic rings. The Hall–Kier alpha value is -2.50. The number of carboxylic acid groups (broad SMARTS) is 1. The van der Waals surface area contributed by atoms with Crippen molar-refractivity contribution in [1.82, 2.24) is 20.6 Å². The number of hydrogen-bond donors (Lipinski definition) is 7. The zero-order valence-electron chi connectivity index (χ0n) is 14.4. The van der Waals surface area contributed by atoms with Gasteiger partial charge in [0.25, 0.3) is 0 Å². The number of carbonyl (C=O) groups excluding carboxylic acids is 2. The maximum absolute atomic E-state index is 12.5. The third-order valence-electron chi connectivity index (χ3n) is 3.71. The Balaban J connectivity index is 2.76. The number of aromatic nitrogens is 2. The zero-order valence-corrected chi connectivity index (χ0v) is 14.4. The highest BCUT2D eigenvalue weighted by Crippen LogP contribution is 2.04. The number of H-pyrrole nitrogens is 1. The molecule has 0 aromatic carbocycles. The number of nitrogens with two attached hydrogens (primary N) is 2. The molecule has 2 amide bonds. The van der Waals surface area contributed by atoms with E-state index in [0.717, 1.165) is 0 Å². The van der Waals surface area contributed by atoms with Gasteiger partial charge in [0.2, 0.25) is 11.8 Å². The molecule has 0 spiro atoms. The molecule has 146 valence electrons. The average Bonchev–Trinajstić information content (AvgIpc) is 3.12. The van der Waals surface area contributed by atoms with E-state index >= 15 is 0 Å². The van der Waals surface area contributed by atoms with E-state index in [1.54, 1.807) is 0 Å². The number of carboxylic acids is 1. The first-order chi connectivity index (χ1) is 12.4. The molecule has 26 heavy (non-hydrogen) atoms. The molecule has 0 aliphatic carbocycles. The molecular weight excluding hydrogens is 344 g/mol. The highest BCUT2D eigenvalue weighted by Gasteiger charge is 2.28. The number of nitrogens with one attached hydrogen (secondary N) is 3. The topological polar surface area (TPSA) is 196 Å². The minimum absolute atomic E-state index is 0.0146. The van der Waals surface area contributed by atoms with Crippen molar-refractivity contribution in [2.45, 2.75) is 43.8 Å². The first kappa shape index (κ1) is 21.5. The molecule has 3 atom stereocenters. The van der Waals surface area contributed by atoms with Gasteiger partial charge in [-0.2, -0.15) is 0 Å². The Morgan fingerprint density at radius 1 is 1.19 bits per heavy atom. The lowest BCUT2D eigenvalue weighted by molar-refractivity contribution is -0.142. The van der Waals surface area contributed by atoms with Crippen LogP contribution in [0.15, 0.2) is 12.5 Å². The molecule has 1 heterocycles. The number of aliphatic hydroxyl groups is 1. The summed E-state index contributed by atoms with van der Waals surface area (Å²) in [5.74, 6) is -2.56. The van der Waals surface area contributed by atoms with Crippen LogP contribution in [0.25, 0.3) is 0 Å². The van der Waals surface area contributed by atoms with Gasteiger partial charge in [-0.25, -0.2) is 9.78 Å². The van der Waals surface area contributed by atoms with Crippen LogP contribution in [0.4, 0.5) is 0 Å². The van der Waals surface area contributed by atoms with Gasteiger partial charge < -0.3 is 37.3 Å². The molecule has 3 unspecified atom stereocenters. The molecule has 9 N–H and O–H groups in total. The van der Waals surface area contributed by atoms with Crippen molar-refractivity contribution in [2.24, 2.45) is 11.5 Å². The van der Waals surface area contributed by atoms with Gasteiger partial charge >= 0.3 is 5.97 Å². The predicted molar refractivity (Wildman–Crippen MR) is 91.8 cm³/mol. The van der Waals surface area contributed by atoms with Crippen LogP contribution < -0.4 is 22.1 Å². The van der Waals surface area contributed by atoms with Gasteiger partial charge in [0.05, 0.1) is 12.9 Å². The van der Waals surface area contributed by atoms with Crippen molar-refractivity contribution in [3.05, 3.63) is 18.2 Å². The minimum atomic E-state index is -1.22. The lowest BCUT2D eigenvalue weighted by Crippen LogP contribution is -2.55. The van der Waals surface area contributed by atoms with Crippen LogP contribution >= 0.6 is 0 Å². The van der Waals surface area contributed by atoms with E-state index in [1.165, 1.54) is 12.5 Å². The van der Waals surface area contributed by atoms with E-state index in [4.69, 9.17) is 16.6 Å². The van der Waals surface area contributed by atoms with Gasteiger partial charge in [0.15, 0.2) is 0 Å². The van der Waals surface area contributed by atoms with Gasteiger partial charge in [0, 0.05) is 18.3 Å². The van der Waals surface area contributed by atoms with Gasteiger partial charge in [-0.05, 0) is 25.8 Å². The third kappa shape index (κ3) is 7.17. The second-order valence-corrected chi connectivity index (χ2v) is 5.82. The van der Waals surface area contributed by atoms with Crippen LogP contribution in [0, 0.1) is 0 Å². The molecule has 0 saturated heterocycles. The van der Waals surface area contributed by atoms with Crippen LogP contribution in [-0.4, -0.2) is 69.2 Å². The number of carbonyl (C=O) groups is 3.